The summed E-state index contributed by atoms with van der Waals surface area (Å²) in [7, 11) is 0. The van der Waals surface area contributed by atoms with Gasteiger partial charge in [-0.25, -0.2) is 0 Å². The Morgan fingerprint density at radius 1 is 1.46 bits per heavy atom. The van der Waals surface area contributed by atoms with Crippen LogP contribution in [0.4, 0.5) is 0 Å². The zero-order chi connectivity index (χ0) is 8.89. The second-order valence-electron chi connectivity index (χ2n) is 3.79. The predicted octanol–water partition coefficient (Wildman–Crippen LogP) is 1.51. The van der Waals surface area contributed by atoms with E-state index in [2.05, 4.69) is 16.0 Å². The summed E-state index contributed by atoms with van der Waals surface area (Å²) in [6.07, 6.45) is 5.96. The summed E-state index contributed by atoms with van der Waals surface area (Å²) in [6, 6.07) is 4.07. The summed E-state index contributed by atoms with van der Waals surface area (Å²) < 4.78 is 0. The third-order valence-corrected chi connectivity index (χ3v) is 2.76. The molecule has 13 heavy (non-hydrogen) atoms. The van der Waals surface area contributed by atoms with Gasteiger partial charge >= 0.3 is 0 Å². The number of aromatic nitrogens is 2. The molecule has 1 aliphatic carbocycles. The van der Waals surface area contributed by atoms with Crippen LogP contribution in [0, 0.1) is 0 Å². The van der Waals surface area contributed by atoms with Crippen molar-refractivity contribution in [3.05, 3.63) is 30.1 Å². The van der Waals surface area contributed by atoms with E-state index >= 15 is 0 Å². The summed E-state index contributed by atoms with van der Waals surface area (Å²) in [6.45, 7) is 0. The molecule has 0 atom stereocenters. The summed E-state index contributed by atoms with van der Waals surface area (Å²) >= 11 is 0. The van der Waals surface area contributed by atoms with Crippen molar-refractivity contribution in [2.45, 2.75) is 18.4 Å². The number of fused-ring (bicyclic) bond motifs is 1. The van der Waals surface area contributed by atoms with Gasteiger partial charge in [-0.1, -0.05) is 0 Å². The van der Waals surface area contributed by atoms with E-state index in [0.29, 0.717) is 0 Å². The Kier molecular flexibility index (Phi) is 1.15. The van der Waals surface area contributed by atoms with Gasteiger partial charge < -0.3 is 10.7 Å². The van der Waals surface area contributed by atoms with Gasteiger partial charge in [0.1, 0.15) is 0 Å². The minimum atomic E-state index is -0.0771. The summed E-state index contributed by atoms with van der Waals surface area (Å²) in [5, 5.41) is 0. The minimum absolute atomic E-state index is 0.0771. The average molecular weight is 173 g/mol. The standard InChI is InChI=1S/C10H11N3/c11-10(2-3-10)7-5-9-8(13-6-7)1-4-12-9/h1,4-6,12H,2-3,11H2. The van der Waals surface area contributed by atoms with Gasteiger partial charge in [0.15, 0.2) is 0 Å². The van der Waals surface area contributed by atoms with Gasteiger partial charge in [-0.2, -0.15) is 0 Å². The van der Waals surface area contributed by atoms with E-state index in [-0.39, 0.29) is 5.54 Å². The Morgan fingerprint density at radius 3 is 3.08 bits per heavy atom. The maximum absolute atomic E-state index is 6.07. The molecule has 1 aliphatic rings. The molecule has 3 N–H and O–H groups in total. The van der Waals surface area contributed by atoms with Crippen LogP contribution in [0.25, 0.3) is 11.0 Å². The predicted molar refractivity (Wildman–Crippen MR) is 51.2 cm³/mol. The van der Waals surface area contributed by atoms with Crippen molar-refractivity contribution >= 4 is 11.0 Å². The first-order chi connectivity index (χ1) is 6.28. The van der Waals surface area contributed by atoms with Crippen molar-refractivity contribution in [1.82, 2.24) is 9.97 Å². The number of hydrogen-bond donors (Lipinski definition) is 2. The lowest BCUT2D eigenvalue weighted by molar-refractivity contribution is 0.737. The van der Waals surface area contributed by atoms with Gasteiger partial charge in [-0.05, 0) is 30.5 Å². The maximum Gasteiger partial charge on any atom is 0.0878 e. The van der Waals surface area contributed by atoms with Gasteiger partial charge in [0.05, 0.1) is 11.0 Å². The molecule has 1 saturated carbocycles. The first-order valence-corrected chi connectivity index (χ1v) is 4.50. The molecule has 0 aliphatic heterocycles. The fourth-order valence-corrected chi connectivity index (χ4v) is 1.63. The molecular weight excluding hydrogens is 162 g/mol. The third-order valence-electron chi connectivity index (χ3n) is 2.76. The highest BCUT2D eigenvalue weighted by Gasteiger charge is 2.40. The lowest BCUT2D eigenvalue weighted by Crippen LogP contribution is -2.18. The zero-order valence-corrected chi connectivity index (χ0v) is 7.25. The van der Waals surface area contributed by atoms with Crippen LogP contribution in [0.1, 0.15) is 18.4 Å². The number of nitrogens with two attached hydrogens (primary N) is 1. The van der Waals surface area contributed by atoms with Crippen LogP contribution in [0.15, 0.2) is 24.5 Å². The molecule has 1 fully saturated rings. The number of hydrogen-bond acceptors (Lipinski definition) is 2. The zero-order valence-electron chi connectivity index (χ0n) is 7.25. The molecule has 3 rings (SSSR count). The lowest BCUT2D eigenvalue weighted by atomic mass is 10.1. The van der Waals surface area contributed by atoms with E-state index in [9.17, 15) is 0 Å². The largest absolute Gasteiger partial charge is 0.360 e. The fraction of sp³-hybridized carbons (Fsp3) is 0.300. The van der Waals surface area contributed by atoms with Crippen molar-refractivity contribution in [3.63, 3.8) is 0 Å². The second-order valence-corrected chi connectivity index (χ2v) is 3.79. The Bertz CT molecular complexity index is 454. The number of nitrogens with zero attached hydrogens (tertiary/aromatic N) is 1. The molecule has 0 spiro atoms. The second kappa shape index (κ2) is 2.12. The highest BCUT2D eigenvalue weighted by atomic mass is 14.8. The lowest BCUT2D eigenvalue weighted by Gasteiger charge is -2.07. The summed E-state index contributed by atoms with van der Waals surface area (Å²) in [5.41, 5.74) is 9.24. The van der Waals surface area contributed by atoms with Crippen molar-refractivity contribution in [1.29, 1.82) is 0 Å². The van der Waals surface area contributed by atoms with E-state index in [1.807, 2.05) is 18.5 Å². The normalized spacial score (nSPS) is 19.2. The number of pyridine rings is 1. The van der Waals surface area contributed by atoms with Crippen molar-refractivity contribution in [3.8, 4) is 0 Å². The van der Waals surface area contributed by atoms with Crippen LogP contribution in [0.2, 0.25) is 0 Å². The molecule has 2 aromatic heterocycles. The quantitative estimate of drug-likeness (QED) is 0.686. The van der Waals surface area contributed by atoms with E-state index in [1.165, 1.54) is 0 Å². The molecule has 2 aromatic rings. The van der Waals surface area contributed by atoms with Gasteiger partial charge in [-0.15, -0.1) is 0 Å². The molecule has 66 valence electrons. The smallest absolute Gasteiger partial charge is 0.0878 e. The molecule has 2 heterocycles. The maximum atomic E-state index is 6.07. The number of aromatic amines is 1. The Hall–Kier alpha value is -1.35. The summed E-state index contributed by atoms with van der Waals surface area (Å²) in [4.78, 5) is 7.48. The Balaban J connectivity index is 2.20. The van der Waals surface area contributed by atoms with Gasteiger partial charge in [0.25, 0.3) is 0 Å². The van der Waals surface area contributed by atoms with Crippen LogP contribution in [0.3, 0.4) is 0 Å². The molecular formula is C10H11N3. The molecule has 0 unspecified atom stereocenters. The number of nitrogens with one attached hydrogen (secondary N) is 1. The SMILES string of the molecule is NC1(c2cnc3cc[nH]c3c2)CC1. The van der Waals surface area contributed by atoms with Gasteiger partial charge in [0, 0.05) is 17.9 Å². The van der Waals surface area contributed by atoms with Crippen LogP contribution in [-0.2, 0) is 5.54 Å². The van der Waals surface area contributed by atoms with Gasteiger partial charge in [-0.3, -0.25) is 4.98 Å². The average Bonchev–Trinajstić information content (AvgIpc) is 2.74. The van der Waals surface area contributed by atoms with Crippen LogP contribution < -0.4 is 5.73 Å². The third kappa shape index (κ3) is 0.971. The Labute approximate surface area is 76.0 Å². The van der Waals surface area contributed by atoms with Crippen molar-refractivity contribution in [2.24, 2.45) is 5.73 Å². The van der Waals surface area contributed by atoms with Crippen molar-refractivity contribution in [2.75, 3.05) is 0 Å². The van der Waals surface area contributed by atoms with Gasteiger partial charge in [0.2, 0.25) is 0 Å². The molecule has 3 nitrogen and oxygen atoms in total. The molecule has 0 aromatic carbocycles. The molecule has 0 saturated heterocycles. The molecule has 0 bridgehead atoms. The van der Waals surface area contributed by atoms with Crippen molar-refractivity contribution < 1.29 is 0 Å². The topological polar surface area (TPSA) is 54.7 Å². The van der Waals surface area contributed by atoms with E-state index in [4.69, 9.17) is 5.73 Å². The first-order valence-electron chi connectivity index (χ1n) is 4.50. The monoisotopic (exact) mass is 173 g/mol. The van der Waals surface area contributed by atoms with E-state index < -0.39 is 0 Å². The first kappa shape index (κ1) is 7.09. The Morgan fingerprint density at radius 2 is 2.31 bits per heavy atom. The summed E-state index contributed by atoms with van der Waals surface area (Å²) in [5.74, 6) is 0. The van der Waals surface area contributed by atoms with E-state index in [0.717, 1.165) is 29.4 Å². The number of H-pyrrole nitrogens is 1. The van der Waals surface area contributed by atoms with Crippen LogP contribution in [0.5, 0.6) is 0 Å². The van der Waals surface area contributed by atoms with Crippen LogP contribution in [-0.4, -0.2) is 9.97 Å². The molecule has 0 radical (unpaired) electrons. The molecule has 3 heteroatoms. The highest BCUT2D eigenvalue weighted by Crippen LogP contribution is 2.42. The number of rotatable bonds is 1. The fourth-order valence-electron chi connectivity index (χ4n) is 1.63. The molecule has 0 amide bonds. The minimum Gasteiger partial charge on any atom is -0.360 e. The van der Waals surface area contributed by atoms with Crippen LogP contribution >= 0.6 is 0 Å². The van der Waals surface area contributed by atoms with E-state index in [1.54, 1.807) is 0 Å². The highest BCUT2D eigenvalue weighted by molar-refractivity contribution is 5.75.